The second-order valence-corrected chi connectivity index (χ2v) is 8.53. The van der Waals surface area contributed by atoms with Crippen LogP contribution in [-0.4, -0.2) is 29.2 Å². The van der Waals surface area contributed by atoms with E-state index in [0.717, 1.165) is 32.0 Å². The maximum absolute atomic E-state index is 12.6. The molecule has 0 saturated carbocycles. The number of hydrogen-bond acceptors (Lipinski definition) is 4. The van der Waals surface area contributed by atoms with Gasteiger partial charge in [0.1, 0.15) is 0 Å². The summed E-state index contributed by atoms with van der Waals surface area (Å²) in [7, 11) is 0. The Balaban J connectivity index is 1.64. The lowest BCUT2D eigenvalue weighted by molar-refractivity contribution is -0.136. The normalized spacial score (nSPS) is 11.1. The Morgan fingerprint density at radius 3 is 2.37 bits per heavy atom. The highest BCUT2D eigenvalue weighted by Gasteiger charge is 2.17. The third kappa shape index (κ3) is 5.32. The Morgan fingerprint density at radius 1 is 1.07 bits per heavy atom. The SMILES string of the molecule is CSc1ccc(C=CC(=O)OCC(=O)c2cc(C)n(-c3ccc(Br)cc3)c2C)cc1. The van der Waals surface area contributed by atoms with E-state index in [4.69, 9.17) is 4.74 Å². The number of thioether (sulfide) groups is 1. The smallest absolute Gasteiger partial charge is 0.331 e. The summed E-state index contributed by atoms with van der Waals surface area (Å²) >= 11 is 5.09. The Morgan fingerprint density at radius 2 is 1.73 bits per heavy atom. The lowest BCUT2D eigenvalue weighted by atomic mass is 10.1. The van der Waals surface area contributed by atoms with Crippen molar-refractivity contribution in [2.75, 3.05) is 12.9 Å². The number of esters is 1. The Kier molecular flexibility index (Phi) is 7.34. The van der Waals surface area contributed by atoms with Crippen LogP contribution in [0, 0.1) is 13.8 Å². The number of hydrogen-bond donors (Lipinski definition) is 0. The molecule has 0 fully saturated rings. The van der Waals surface area contributed by atoms with Gasteiger partial charge >= 0.3 is 5.97 Å². The summed E-state index contributed by atoms with van der Waals surface area (Å²) in [4.78, 5) is 25.8. The minimum absolute atomic E-state index is 0.225. The van der Waals surface area contributed by atoms with Crippen LogP contribution in [0.2, 0.25) is 0 Å². The van der Waals surface area contributed by atoms with Gasteiger partial charge in [-0.2, -0.15) is 0 Å². The van der Waals surface area contributed by atoms with Gasteiger partial charge in [0, 0.05) is 38.1 Å². The number of Topliss-reactive ketones (excluding diaryl/α,β-unsaturated/α-hetero) is 1. The fourth-order valence-electron chi connectivity index (χ4n) is 3.17. The van der Waals surface area contributed by atoms with Gasteiger partial charge in [-0.3, -0.25) is 4.79 Å². The van der Waals surface area contributed by atoms with Gasteiger partial charge in [-0.15, -0.1) is 11.8 Å². The topological polar surface area (TPSA) is 48.3 Å². The van der Waals surface area contributed by atoms with Gasteiger partial charge in [-0.05, 0) is 74.2 Å². The van der Waals surface area contributed by atoms with Crippen molar-refractivity contribution >= 4 is 45.5 Å². The van der Waals surface area contributed by atoms with E-state index in [2.05, 4.69) is 15.9 Å². The van der Waals surface area contributed by atoms with Crippen molar-refractivity contribution < 1.29 is 14.3 Å². The van der Waals surface area contributed by atoms with E-state index in [1.807, 2.05) is 79.3 Å². The standard InChI is InChI=1S/C24H22BrNO3S/c1-16-14-22(17(2)26(16)20-9-7-19(25)8-10-20)23(27)15-29-24(28)13-6-18-4-11-21(30-3)12-5-18/h4-14H,15H2,1-3H3. The van der Waals surface area contributed by atoms with Crippen molar-refractivity contribution in [3.05, 3.63) is 87.7 Å². The molecule has 2 aromatic carbocycles. The zero-order valence-corrected chi connectivity index (χ0v) is 19.4. The Hall–Kier alpha value is -2.57. The quantitative estimate of drug-likeness (QED) is 0.178. The Labute approximate surface area is 189 Å². The number of nitrogens with zero attached hydrogens (tertiary/aromatic N) is 1. The highest BCUT2D eigenvalue weighted by molar-refractivity contribution is 9.10. The van der Waals surface area contributed by atoms with Crippen molar-refractivity contribution in [3.8, 4) is 5.69 Å². The summed E-state index contributed by atoms with van der Waals surface area (Å²) in [6.45, 7) is 3.55. The van der Waals surface area contributed by atoms with E-state index in [1.165, 1.54) is 6.08 Å². The molecule has 3 aromatic rings. The summed E-state index contributed by atoms with van der Waals surface area (Å²) in [5.74, 6) is -0.767. The van der Waals surface area contributed by atoms with Crippen LogP contribution in [0.25, 0.3) is 11.8 Å². The monoisotopic (exact) mass is 483 g/mol. The fraction of sp³-hybridized carbons (Fsp3) is 0.167. The summed E-state index contributed by atoms with van der Waals surface area (Å²) in [5, 5.41) is 0. The molecule has 0 aliphatic carbocycles. The zero-order valence-electron chi connectivity index (χ0n) is 17.0. The molecule has 0 saturated heterocycles. The van der Waals surface area contributed by atoms with Gasteiger partial charge in [0.2, 0.25) is 5.78 Å². The van der Waals surface area contributed by atoms with E-state index in [-0.39, 0.29) is 12.4 Å². The first kappa shape index (κ1) is 22.1. The molecule has 4 nitrogen and oxygen atoms in total. The number of carbonyl (C=O) groups is 2. The van der Waals surface area contributed by atoms with Crippen LogP contribution in [0.3, 0.4) is 0 Å². The third-order valence-corrected chi connectivity index (χ3v) is 5.96. The molecule has 0 aliphatic rings. The van der Waals surface area contributed by atoms with Crippen LogP contribution in [-0.2, 0) is 9.53 Å². The van der Waals surface area contributed by atoms with Crippen LogP contribution in [0.15, 0.2) is 70.0 Å². The van der Waals surface area contributed by atoms with Gasteiger partial charge in [0.05, 0.1) is 0 Å². The van der Waals surface area contributed by atoms with Crippen LogP contribution in [0.1, 0.15) is 27.3 Å². The van der Waals surface area contributed by atoms with E-state index < -0.39 is 5.97 Å². The number of halogens is 1. The van der Waals surface area contributed by atoms with Crippen molar-refractivity contribution in [2.24, 2.45) is 0 Å². The molecule has 30 heavy (non-hydrogen) atoms. The second-order valence-electron chi connectivity index (χ2n) is 6.73. The summed E-state index contributed by atoms with van der Waals surface area (Å²) < 4.78 is 8.16. The average Bonchev–Trinajstić information content (AvgIpc) is 3.05. The number of aromatic nitrogens is 1. The molecule has 154 valence electrons. The highest BCUT2D eigenvalue weighted by atomic mass is 79.9. The van der Waals surface area contributed by atoms with Crippen LogP contribution in [0.5, 0.6) is 0 Å². The molecule has 0 amide bonds. The number of ether oxygens (including phenoxy) is 1. The van der Waals surface area contributed by atoms with Crippen molar-refractivity contribution in [3.63, 3.8) is 0 Å². The molecule has 3 rings (SSSR count). The highest BCUT2D eigenvalue weighted by Crippen LogP contribution is 2.23. The first-order chi connectivity index (χ1) is 14.4. The molecule has 1 heterocycles. The van der Waals surface area contributed by atoms with Crippen molar-refractivity contribution in [1.82, 2.24) is 4.57 Å². The lowest BCUT2D eigenvalue weighted by Crippen LogP contribution is -2.13. The van der Waals surface area contributed by atoms with E-state index in [0.29, 0.717) is 5.56 Å². The number of ketones is 1. The van der Waals surface area contributed by atoms with Crippen LogP contribution < -0.4 is 0 Å². The van der Waals surface area contributed by atoms with E-state index in [9.17, 15) is 9.59 Å². The van der Waals surface area contributed by atoms with Crippen LogP contribution in [0.4, 0.5) is 0 Å². The van der Waals surface area contributed by atoms with Gasteiger partial charge in [0.15, 0.2) is 6.61 Å². The number of benzene rings is 2. The molecule has 0 bridgehead atoms. The number of carbonyl (C=O) groups excluding carboxylic acids is 2. The summed E-state index contributed by atoms with van der Waals surface area (Å²) in [5.41, 5.74) is 4.19. The van der Waals surface area contributed by atoms with Gasteiger partial charge in [0.25, 0.3) is 0 Å². The minimum Gasteiger partial charge on any atom is -0.454 e. The van der Waals surface area contributed by atoms with Gasteiger partial charge < -0.3 is 9.30 Å². The molecule has 0 atom stereocenters. The van der Waals surface area contributed by atoms with E-state index >= 15 is 0 Å². The minimum atomic E-state index is -0.543. The predicted octanol–water partition coefficient (Wildman–Crippen LogP) is 6.02. The van der Waals surface area contributed by atoms with Crippen LogP contribution >= 0.6 is 27.7 Å². The number of aryl methyl sites for hydroxylation is 1. The molecule has 1 aromatic heterocycles. The maximum atomic E-state index is 12.6. The van der Waals surface area contributed by atoms with Gasteiger partial charge in [-0.25, -0.2) is 4.79 Å². The summed E-state index contributed by atoms with van der Waals surface area (Å²) in [6.07, 6.45) is 5.03. The predicted molar refractivity (Wildman–Crippen MR) is 125 cm³/mol. The first-order valence-corrected chi connectivity index (χ1v) is 11.4. The molecular weight excluding hydrogens is 462 g/mol. The van der Waals surface area contributed by atoms with Gasteiger partial charge in [-0.1, -0.05) is 28.1 Å². The molecule has 6 heteroatoms. The number of rotatable bonds is 7. The molecule has 0 radical (unpaired) electrons. The molecule has 0 unspecified atom stereocenters. The largest absolute Gasteiger partial charge is 0.454 e. The average molecular weight is 484 g/mol. The van der Waals surface area contributed by atoms with Crippen molar-refractivity contribution in [1.29, 1.82) is 0 Å². The first-order valence-electron chi connectivity index (χ1n) is 9.36. The lowest BCUT2D eigenvalue weighted by Gasteiger charge is -2.10. The third-order valence-electron chi connectivity index (χ3n) is 4.69. The second kappa shape index (κ2) is 9.96. The molecule has 0 aliphatic heterocycles. The fourth-order valence-corrected chi connectivity index (χ4v) is 3.85. The molecular formula is C24H22BrNO3S. The maximum Gasteiger partial charge on any atom is 0.331 e. The molecule has 0 spiro atoms. The Bertz CT molecular complexity index is 1080. The summed E-state index contributed by atoms with van der Waals surface area (Å²) in [6, 6.07) is 17.5. The molecule has 0 N–H and O–H groups in total. The zero-order chi connectivity index (χ0) is 21.7. The van der Waals surface area contributed by atoms with Crippen molar-refractivity contribution in [2.45, 2.75) is 18.7 Å². The van der Waals surface area contributed by atoms with E-state index in [1.54, 1.807) is 17.8 Å².